The van der Waals surface area contributed by atoms with Crippen molar-refractivity contribution in [3.05, 3.63) is 59.3 Å². The molecule has 3 aromatic rings. The topological polar surface area (TPSA) is 83.5 Å². The van der Waals surface area contributed by atoms with Gasteiger partial charge in [-0.15, -0.1) is 0 Å². The molecule has 1 saturated heterocycles. The summed E-state index contributed by atoms with van der Waals surface area (Å²) in [6.07, 6.45) is 3.68. The summed E-state index contributed by atoms with van der Waals surface area (Å²) >= 11 is 0. The second-order valence-corrected chi connectivity index (χ2v) is 11.2. The Morgan fingerprint density at radius 1 is 1.06 bits per heavy atom. The fourth-order valence-corrected chi connectivity index (χ4v) is 5.14. The van der Waals surface area contributed by atoms with Gasteiger partial charge in [0.05, 0.1) is 16.1 Å². The maximum absolute atomic E-state index is 13.0. The first-order chi connectivity index (χ1) is 16.2. The number of aromatic nitrogens is 2. The number of fused-ring (bicyclic) bond motifs is 1. The van der Waals surface area contributed by atoms with Crippen LogP contribution < -0.4 is 4.90 Å². The van der Waals surface area contributed by atoms with E-state index in [1.807, 2.05) is 18.9 Å². The van der Waals surface area contributed by atoms with Gasteiger partial charge in [0.25, 0.3) is 0 Å². The average molecular weight is 481 g/mol. The molecule has 7 nitrogen and oxygen atoms in total. The summed E-state index contributed by atoms with van der Waals surface area (Å²) in [4.78, 5) is 26.5. The average Bonchev–Trinajstić information content (AvgIpc) is 2.83. The Labute approximate surface area is 201 Å². The van der Waals surface area contributed by atoms with E-state index < -0.39 is 9.84 Å². The third-order valence-corrected chi connectivity index (χ3v) is 7.74. The van der Waals surface area contributed by atoms with Crippen LogP contribution in [-0.4, -0.2) is 55.6 Å². The number of carbonyl (C=O) groups is 1. The van der Waals surface area contributed by atoms with Crippen molar-refractivity contribution < 1.29 is 13.2 Å². The lowest BCUT2D eigenvalue weighted by molar-refractivity contribution is -0.135. The molecule has 8 heteroatoms. The number of hydrogen-bond acceptors (Lipinski definition) is 6. The zero-order valence-corrected chi connectivity index (χ0v) is 21.1. The van der Waals surface area contributed by atoms with Gasteiger partial charge in [-0.05, 0) is 55.5 Å². The van der Waals surface area contributed by atoms with E-state index in [-0.39, 0.29) is 16.7 Å². The molecule has 2 aromatic carbocycles. The number of hydrogen-bond donors (Lipinski definition) is 0. The van der Waals surface area contributed by atoms with Crippen LogP contribution >= 0.6 is 0 Å². The molecule has 1 aliphatic heterocycles. The molecule has 4 rings (SSSR count). The highest BCUT2D eigenvalue weighted by atomic mass is 32.2. The minimum Gasteiger partial charge on any atom is -0.341 e. The number of sulfone groups is 1. The second kappa shape index (κ2) is 9.70. The monoisotopic (exact) mass is 480 g/mol. The Balaban J connectivity index is 1.42. The lowest BCUT2D eigenvalue weighted by Crippen LogP contribution is -2.41. The van der Waals surface area contributed by atoms with E-state index in [0.717, 1.165) is 35.9 Å². The van der Waals surface area contributed by atoms with Crippen LogP contribution in [0.3, 0.4) is 0 Å². The molecule has 0 bridgehead atoms. The third-order valence-electron chi connectivity index (χ3n) is 6.63. The molecule has 0 atom stereocenters. The fourth-order valence-electron chi connectivity index (χ4n) is 4.50. The first-order valence-electron chi connectivity index (χ1n) is 11.7. The minimum atomic E-state index is -3.31. The Hall–Kier alpha value is -3.00. The third kappa shape index (κ3) is 5.22. The Bertz CT molecular complexity index is 1300. The van der Waals surface area contributed by atoms with Gasteiger partial charge in [-0.2, -0.15) is 0 Å². The lowest BCUT2D eigenvalue weighted by Gasteiger charge is -2.33. The van der Waals surface area contributed by atoms with Crippen molar-refractivity contribution >= 4 is 32.6 Å². The van der Waals surface area contributed by atoms with E-state index in [0.29, 0.717) is 31.1 Å². The molecule has 1 amide bonds. The predicted molar refractivity (Wildman–Crippen MR) is 135 cm³/mol. The largest absolute Gasteiger partial charge is 0.341 e. The number of rotatable bonds is 6. The van der Waals surface area contributed by atoms with Crippen LogP contribution in [0.4, 0.5) is 5.95 Å². The number of piperidine rings is 1. The summed E-state index contributed by atoms with van der Waals surface area (Å²) in [6, 6.07) is 13.4. The summed E-state index contributed by atoms with van der Waals surface area (Å²) in [5.41, 5.74) is 3.87. The lowest BCUT2D eigenvalue weighted by atomic mass is 9.95. The normalized spacial score (nSPS) is 15.0. The van der Waals surface area contributed by atoms with Crippen LogP contribution in [0.25, 0.3) is 10.9 Å². The highest BCUT2D eigenvalue weighted by Crippen LogP contribution is 2.26. The molecule has 1 aliphatic rings. The fraction of sp³-hybridized carbons (Fsp3) is 0.423. The van der Waals surface area contributed by atoms with Crippen molar-refractivity contribution in [2.75, 3.05) is 31.3 Å². The molecular weight excluding hydrogens is 448 g/mol. The Kier molecular flexibility index (Phi) is 6.89. The minimum absolute atomic E-state index is 0.0189. The van der Waals surface area contributed by atoms with Gasteiger partial charge in [-0.3, -0.25) is 4.79 Å². The molecule has 180 valence electrons. The summed E-state index contributed by atoms with van der Waals surface area (Å²) < 4.78 is 23.9. The maximum atomic E-state index is 13.0. The van der Waals surface area contributed by atoms with Crippen LogP contribution in [0, 0.1) is 12.8 Å². The molecule has 0 radical (unpaired) electrons. The summed E-state index contributed by atoms with van der Waals surface area (Å²) in [6.45, 7) is 6.02. The van der Waals surface area contributed by atoms with Crippen LogP contribution in [0.5, 0.6) is 0 Å². The maximum Gasteiger partial charge on any atom is 0.226 e. The van der Waals surface area contributed by atoms with Crippen molar-refractivity contribution in [3.63, 3.8) is 0 Å². The number of nitrogens with zero attached hydrogens (tertiary/aromatic N) is 4. The molecule has 34 heavy (non-hydrogen) atoms. The number of anilines is 1. The van der Waals surface area contributed by atoms with Crippen LogP contribution in [-0.2, 0) is 27.6 Å². The predicted octanol–water partition coefficient (Wildman–Crippen LogP) is 3.78. The van der Waals surface area contributed by atoms with E-state index in [2.05, 4.69) is 46.1 Å². The van der Waals surface area contributed by atoms with E-state index >= 15 is 0 Å². The van der Waals surface area contributed by atoms with E-state index in [1.54, 1.807) is 18.2 Å². The van der Waals surface area contributed by atoms with Crippen molar-refractivity contribution in [2.45, 2.75) is 44.6 Å². The SMILES string of the molecule is CCc1ccc(CN(C)C(=O)C2CCN(c3nc(C)c4ccc(S(C)(=O)=O)cc4n3)CC2)cc1. The van der Waals surface area contributed by atoms with E-state index in [1.165, 1.54) is 11.8 Å². The van der Waals surface area contributed by atoms with Crippen LogP contribution in [0.2, 0.25) is 0 Å². The van der Waals surface area contributed by atoms with Gasteiger partial charge < -0.3 is 9.80 Å². The van der Waals surface area contributed by atoms with Crippen molar-refractivity contribution in [2.24, 2.45) is 5.92 Å². The van der Waals surface area contributed by atoms with Crippen LogP contribution in [0.1, 0.15) is 36.6 Å². The number of aryl methyl sites for hydroxylation is 2. The first kappa shape index (κ1) is 24.1. The van der Waals surface area contributed by atoms with Crippen molar-refractivity contribution in [1.29, 1.82) is 0 Å². The summed E-state index contributed by atoms with van der Waals surface area (Å²) in [5.74, 6) is 0.744. The quantitative estimate of drug-likeness (QED) is 0.534. The van der Waals surface area contributed by atoms with Gasteiger partial charge in [0, 0.05) is 44.2 Å². The van der Waals surface area contributed by atoms with Crippen molar-refractivity contribution in [3.8, 4) is 0 Å². The molecule has 0 unspecified atom stereocenters. The molecule has 2 heterocycles. The molecule has 0 aliphatic carbocycles. The standard InChI is InChI=1S/C26H32N4O3S/c1-5-19-6-8-20(9-7-19)17-29(3)25(31)21-12-14-30(15-13-21)26-27-18(2)23-11-10-22(34(4,32)33)16-24(23)28-26/h6-11,16,21H,5,12-15,17H2,1-4H3. The smallest absolute Gasteiger partial charge is 0.226 e. The summed E-state index contributed by atoms with van der Waals surface area (Å²) in [7, 11) is -1.44. The number of benzene rings is 2. The van der Waals surface area contributed by atoms with Gasteiger partial charge in [0.2, 0.25) is 11.9 Å². The highest BCUT2D eigenvalue weighted by molar-refractivity contribution is 7.90. The molecule has 0 spiro atoms. The second-order valence-electron chi connectivity index (χ2n) is 9.19. The van der Waals surface area contributed by atoms with E-state index in [4.69, 9.17) is 0 Å². The summed E-state index contributed by atoms with van der Waals surface area (Å²) in [5, 5.41) is 0.842. The molecule has 0 N–H and O–H groups in total. The number of amides is 1. The Morgan fingerprint density at radius 2 is 1.71 bits per heavy atom. The van der Waals surface area contributed by atoms with E-state index in [9.17, 15) is 13.2 Å². The van der Waals surface area contributed by atoms with Gasteiger partial charge >= 0.3 is 0 Å². The highest BCUT2D eigenvalue weighted by Gasteiger charge is 2.28. The van der Waals surface area contributed by atoms with Gasteiger partial charge in [-0.25, -0.2) is 18.4 Å². The molecular formula is C26H32N4O3S. The van der Waals surface area contributed by atoms with Gasteiger partial charge in [0.1, 0.15) is 0 Å². The zero-order chi connectivity index (χ0) is 24.5. The Morgan fingerprint density at radius 3 is 2.32 bits per heavy atom. The van der Waals surface area contributed by atoms with Crippen molar-refractivity contribution in [1.82, 2.24) is 14.9 Å². The zero-order valence-electron chi connectivity index (χ0n) is 20.3. The molecule has 1 fully saturated rings. The molecule has 0 saturated carbocycles. The van der Waals surface area contributed by atoms with Gasteiger partial charge in [-0.1, -0.05) is 31.2 Å². The van der Waals surface area contributed by atoms with Gasteiger partial charge in [0.15, 0.2) is 9.84 Å². The molecule has 1 aromatic heterocycles. The first-order valence-corrected chi connectivity index (χ1v) is 13.6. The van der Waals surface area contributed by atoms with Crippen LogP contribution in [0.15, 0.2) is 47.4 Å². The number of carbonyl (C=O) groups excluding carboxylic acids is 1.